The summed E-state index contributed by atoms with van der Waals surface area (Å²) in [6, 6.07) is 8.46. The number of hydrogen-bond acceptors (Lipinski definition) is 10. The predicted octanol–water partition coefficient (Wildman–Crippen LogP) is 4.82. The van der Waals surface area contributed by atoms with Crippen molar-refractivity contribution < 1.29 is 23.0 Å². The van der Waals surface area contributed by atoms with Crippen molar-refractivity contribution in [3.8, 4) is 17.2 Å². The molecule has 0 aliphatic carbocycles. The number of rotatable bonds is 7. The van der Waals surface area contributed by atoms with Crippen molar-refractivity contribution in [2.45, 2.75) is 31.7 Å². The number of ether oxygens (including phenoxy) is 2. The van der Waals surface area contributed by atoms with Crippen LogP contribution < -0.4 is 20.1 Å². The number of aromatic nitrogens is 2. The van der Waals surface area contributed by atoms with Crippen LogP contribution in [0, 0.1) is 5.41 Å². The van der Waals surface area contributed by atoms with Gasteiger partial charge in [0.15, 0.2) is 28.9 Å². The first-order valence-electron chi connectivity index (χ1n) is 10.6. The Morgan fingerprint density at radius 3 is 2.49 bits per heavy atom. The molecule has 0 fully saturated rings. The Kier molecular flexibility index (Phi) is 6.75. The molecule has 2 heterocycles. The van der Waals surface area contributed by atoms with Gasteiger partial charge in [-0.2, -0.15) is 8.75 Å². The monoisotopic (exact) mass is 539 g/mol. The Balaban J connectivity index is 1.66. The quantitative estimate of drug-likeness (QED) is 0.362. The first kappa shape index (κ1) is 25.3. The average Bonchev–Trinajstić information content (AvgIpc) is 3.41. The van der Waals surface area contributed by atoms with E-state index in [2.05, 4.69) is 40.2 Å². The third-order valence-corrected chi connectivity index (χ3v) is 8.29. The van der Waals surface area contributed by atoms with Crippen molar-refractivity contribution in [3.05, 3.63) is 40.9 Å². The van der Waals surface area contributed by atoms with E-state index in [0.29, 0.717) is 23.1 Å². The molecule has 10 nitrogen and oxygen atoms in total. The number of aromatic hydroxyl groups is 1. The Morgan fingerprint density at radius 2 is 1.80 bits per heavy atom. The number of hydrogen-bond donors (Lipinski definition) is 3. The third kappa shape index (κ3) is 4.96. The molecule has 1 aliphatic rings. The Hall–Kier alpha value is -2.80. The molecule has 0 spiro atoms. The zero-order valence-corrected chi connectivity index (χ0v) is 22.2. The Bertz CT molecular complexity index is 1350. The molecule has 2 aromatic carbocycles. The lowest BCUT2D eigenvalue weighted by atomic mass is 9.82. The van der Waals surface area contributed by atoms with E-state index in [9.17, 15) is 13.5 Å². The van der Waals surface area contributed by atoms with Gasteiger partial charge in [-0.15, -0.1) is 0 Å². The minimum absolute atomic E-state index is 0.0906. The number of anilines is 3. The molecule has 0 saturated carbocycles. The summed E-state index contributed by atoms with van der Waals surface area (Å²) >= 11 is 7.09. The number of fused-ring (bicyclic) bond motifs is 1. The van der Waals surface area contributed by atoms with Crippen LogP contribution in [0.1, 0.15) is 32.4 Å². The number of halogens is 1. The first-order chi connectivity index (χ1) is 16.4. The highest BCUT2D eigenvalue weighted by atomic mass is 35.5. The summed E-state index contributed by atoms with van der Waals surface area (Å²) in [6.45, 7) is 6.45. The van der Waals surface area contributed by atoms with Crippen LogP contribution in [0.4, 0.5) is 17.3 Å². The highest BCUT2D eigenvalue weighted by Gasteiger charge is 2.31. The summed E-state index contributed by atoms with van der Waals surface area (Å²) < 4.78 is 46.0. The van der Waals surface area contributed by atoms with Crippen molar-refractivity contribution in [3.63, 3.8) is 0 Å². The smallest absolute Gasteiger partial charge is 0.247 e. The van der Waals surface area contributed by atoms with E-state index in [-0.39, 0.29) is 33.9 Å². The molecule has 1 atom stereocenters. The Morgan fingerprint density at radius 1 is 1.11 bits per heavy atom. The predicted molar refractivity (Wildman–Crippen MR) is 136 cm³/mol. The molecule has 3 aromatic rings. The van der Waals surface area contributed by atoms with Gasteiger partial charge in [0.1, 0.15) is 4.90 Å². The largest absolute Gasteiger partial charge is 0.504 e. The van der Waals surface area contributed by atoms with E-state index in [1.807, 2.05) is 18.2 Å². The van der Waals surface area contributed by atoms with E-state index in [1.165, 1.54) is 26.2 Å². The lowest BCUT2D eigenvalue weighted by molar-refractivity contribution is 0.174. The second-order valence-electron chi connectivity index (χ2n) is 9.20. The lowest BCUT2D eigenvalue weighted by Gasteiger charge is -2.32. The van der Waals surface area contributed by atoms with E-state index < -0.39 is 15.8 Å². The molecule has 0 radical (unpaired) electrons. The van der Waals surface area contributed by atoms with Gasteiger partial charge in [0.2, 0.25) is 16.8 Å². The number of nitrogens with zero attached hydrogens (tertiary/aromatic N) is 3. The summed E-state index contributed by atoms with van der Waals surface area (Å²) in [5.41, 5.74) is 0.861. The van der Waals surface area contributed by atoms with Crippen LogP contribution in [0.15, 0.2) is 35.2 Å². The fourth-order valence-electron chi connectivity index (χ4n) is 3.60. The molecule has 0 amide bonds. The molecule has 1 aliphatic heterocycles. The van der Waals surface area contributed by atoms with Crippen LogP contribution in [0.5, 0.6) is 17.2 Å². The minimum atomic E-state index is -3.99. The van der Waals surface area contributed by atoms with Crippen LogP contribution in [0.2, 0.25) is 5.02 Å². The topological polar surface area (TPSA) is 126 Å². The van der Waals surface area contributed by atoms with E-state index in [1.54, 1.807) is 0 Å². The standard InChI is InChI=1S/C22H26ClN5O5S2/c1-22(2,3)19(12-6-9-15-16(10-12)33-11-32-15)25-21-20(26-34-27-21)24-14-8-7-13(23)18(17(14)29)35(30,31)28(4)5/h6-10,19,29H,11H2,1-5H3,(H,24,26)(H,25,27)/t19-/m0/s1. The van der Waals surface area contributed by atoms with Gasteiger partial charge in [-0.25, -0.2) is 12.7 Å². The highest BCUT2D eigenvalue weighted by molar-refractivity contribution is 7.89. The summed E-state index contributed by atoms with van der Waals surface area (Å²) in [5, 5.41) is 17.1. The summed E-state index contributed by atoms with van der Waals surface area (Å²) in [7, 11) is -1.27. The molecule has 0 bridgehead atoms. The summed E-state index contributed by atoms with van der Waals surface area (Å²) in [5.74, 6) is 1.64. The third-order valence-electron chi connectivity index (χ3n) is 5.44. The number of phenols is 1. The second kappa shape index (κ2) is 9.34. The number of phenolic OH excluding ortho intramolecular Hbond substituents is 1. The normalized spacial score (nSPS) is 14.3. The fraction of sp³-hybridized carbons (Fsp3) is 0.364. The van der Waals surface area contributed by atoms with Gasteiger partial charge in [-0.1, -0.05) is 38.4 Å². The van der Waals surface area contributed by atoms with Crippen molar-refractivity contribution in [2.75, 3.05) is 31.5 Å². The maximum Gasteiger partial charge on any atom is 0.247 e. The van der Waals surface area contributed by atoms with Gasteiger partial charge in [0, 0.05) is 14.1 Å². The van der Waals surface area contributed by atoms with Gasteiger partial charge in [0.25, 0.3) is 0 Å². The second-order valence-corrected chi connectivity index (χ2v) is 12.2. The van der Waals surface area contributed by atoms with Crippen LogP contribution in [0.25, 0.3) is 0 Å². The van der Waals surface area contributed by atoms with Crippen LogP contribution in [0.3, 0.4) is 0 Å². The SMILES string of the molecule is CN(C)S(=O)(=O)c1c(Cl)ccc(Nc2nsnc2N[C@@H](c2ccc3c(c2)OCO3)C(C)(C)C)c1O. The number of benzene rings is 2. The van der Waals surface area contributed by atoms with Gasteiger partial charge >= 0.3 is 0 Å². The van der Waals surface area contributed by atoms with Crippen molar-refractivity contribution in [1.82, 2.24) is 13.1 Å². The van der Waals surface area contributed by atoms with Gasteiger partial charge in [-0.05, 0) is 35.2 Å². The molecule has 13 heteroatoms. The van der Waals surface area contributed by atoms with Crippen molar-refractivity contribution >= 4 is 50.7 Å². The molecule has 0 saturated heterocycles. The van der Waals surface area contributed by atoms with Crippen LogP contribution in [-0.4, -0.2) is 47.5 Å². The molecule has 0 unspecified atom stereocenters. The van der Waals surface area contributed by atoms with E-state index >= 15 is 0 Å². The molecule has 4 rings (SSSR count). The van der Waals surface area contributed by atoms with Gasteiger partial charge in [0.05, 0.1) is 28.5 Å². The highest BCUT2D eigenvalue weighted by Crippen LogP contribution is 2.43. The van der Waals surface area contributed by atoms with Crippen LogP contribution in [-0.2, 0) is 10.0 Å². The first-order valence-corrected chi connectivity index (χ1v) is 13.1. The molecule has 188 valence electrons. The zero-order chi connectivity index (χ0) is 25.5. The molecular weight excluding hydrogens is 514 g/mol. The Labute approximate surface area is 213 Å². The number of sulfonamides is 1. The van der Waals surface area contributed by atoms with E-state index in [4.69, 9.17) is 21.1 Å². The number of nitrogens with one attached hydrogen (secondary N) is 2. The minimum Gasteiger partial charge on any atom is -0.504 e. The maximum absolute atomic E-state index is 12.7. The maximum atomic E-state index is 12.7. The van der Waals surface area contributed by atoms with E-state index in [0.717, 1.165) is 21.6 Å². The van der Waals surface area contributed by atoms with Crippen molar-refractivity contribution in [2.24, 2.45) is 5.41 Å². The lowest BCUT2D eigenvalue weighted by Crippen LogP contribution is -2.26. The van der Waals surface area contributed by atoms with Crippen molar-refractivity contribution in [1.29, 1.82) is 0 Å². The zero-order valence-electron chi connectivity index (χ0n) is 19.8. The van der Waals surface area contributed by atoms with Crippen LogP contribution >= 0.6 is 23.3 Å². The molecular formula is C22H26ClN5O5S2. The fourth-order valence-corrected chi connectivity index (χ4v) is 5.55. The molecule has 3 N–H and O–H groups in total. The average molecular weight is 540 g/mol. The van der Waals surface area contributed by atoms with Gasteiger partial charge < -0.3 is 25.2 Å². The molecule has 35 heavy (non-hydrogen) atoms. The molecule has 1 aromatic heterocycles. The summed E-state index contributed by atoms with van der Waals surface area (Å²) in [6.07, 6.45) is 0. The summed E-state index contributed by atoms with van der Waals surface area (Å²) in [4.78, 5) is -0.389. The van der Waals surface area contributed by atoms with Gasteiger partial charge in [-0.3, -0.25) is 0 Å².